The average Bonchev–Trinajstić information content (AvgIpc) is 2.96. The van der Waals surface area contributed by atoms with Crippen LogP contribution in [0, 0.1) is 0 Å². The largest absolute Gasteiger partial charge is 0.335 e. The highest BCUT2D eigenvalue weighted by atomic mass is 35.5. The van der Waals surface area contributed by atoms with Crippen LogP contribution in [0.3, 0.4) is 0 Å². The zero-order valence-electron chi connectivity index (χ0n) is 12.7. The number of carbonyl (C=O) groups is 1. The first kappa shape index (κ1) is 15.1. The quantitative estimate of drug-likeness (QED) is 0.870. The minimum Gasteiger partial charge on any atom is -0.335 e. The molecule has 0 unspecified atom stereocenters. The molecule has 3 rings (SSSR count). The average molecular weight is 318 g/mol. The lowest BCUT2D eigenvalue weighted by molar-refractivity contribution is -0.134. The van der Waals surface area contributed by atoms with Crippen LogP contribution in [0.25, 0.3) is 0 Å². The number of aromatic nitrogens is 2. The number of carbonyl (C=O) groups excluding carboxylic acids is 1. The smallest absolute Gasteiger partial charge is 0.227 e. The van der Waals surface area contributed by atoms with E-state index in [4.69, 9.17) is 11.6 Å². The van der Waals surface area contributed by atoms with Crippen LogP contribution in [0.5, 0.6) is 0 Å². The van der Waals surface area contributed by atoms with Crippen LogP contribution in [0.2, 0.25) is 5.02 Å². The molecule has 1 fully saturated rings. The summed E-state index contributed by atoms with van der Waals surface area (Å²) in [4.78, 5) is 14.7. The van der Waals surface area contributed by atoms with Crippen molar-refractivity contribution in [1.82, 2.24) is 14.7 Å². The van der Waals surface area contributed by atoms with E-state index in [1.807, 2.05) is 48.6 Å². The minimum absolute atomic E-state index is 0.137. The summed E-state index contributed by atoms with van der Waals surface area (Å²) >= 11 is 6.18. The molecule has 4 nitrogen and oxygen atoms in total. The van der Waals surface area contributed by atoms with E-state index in [1.54, 1.807) is 4.68 Å². The molecule has 116 valence electrons. The highest BCUT2D eigenvalue weighted by Crippen LogP contribution is 2.31. The molecule has 1 saturated heterocycles. The van der Waals surface area contributed by atoms with Crippen molar-refractivity contribution < 1.29 is 4.79 Å². The Bertz CT molecular complexity index is 667. The van der Waals surface area contributed by atoms with E-state index in [1.165, 1.54) is 0 Å². The molecule has 1 aromatic carbocycles. The fraction of sp³-hybridized carbons (Fsp3) is 0.412. The van der Waals surface area contributed by atoms with Crippen LogP contribution in [0.4, 0.5) is 0 Å². The molecule has 0 radical (unpaired) electrons. The van der Waals surface area contributed by atoms with E-state index in [-0.39, 0.29) is 11.9 Å². The third-order valence-electron chi connectivity index (χ3n) is 4.23. The summed E-state index contributed by atoms with van der Waals surface area (Å²) in [6, 6.07) is 7.69. The van der Waals surface area contributed by atoms with Gasteiger partial charge in [0, 0.05) is 30.4 Å². The molecular formula is C17H20ClN3O. The van der Waals surface area contributed by atoms with Crippen molar-refractivity contribution in [3.63, 3.8) is 0 Å². The van der Waals surface area contributed by atoms with Crippen LogP contribution in [-0.2, 0) is 18.3 Å². The number of likely N-dealkylation sites (tertiary alicyclic amines) is 1. The van der Waals surface area contributed by atoms with Crippen molar-refractivity contribution in [3.05, 3.63) is 52.8 Å². The molecule has 0 bridgehead atoms. The highest BCUT2D eigenvalue weighted by molar-refractivity contribution is 6.31. The van der Waals surface area contributed by atoms with Gasteiger partial charge in [0.05, 0.1) is 18.7 Å². The molecule has 0 saturated carbocycles. The fourth-order valence-corrected chi connectivity index (χ4v) is 3.30. The second kappa shape index (κ2) is 6.53. The van der Waals surface area contributed by atoms with Gasteiger partial charge in [-0.15, -0.1) is 0 Å². The van der Waals surface area contributed by atoms with E-state index in [0.717, 1.165) is 36.9 Å². The van der Waals surface area contributed by atoms with Gasteiger partial charge in [-0.3, -0.25) is 9.48 Å². The number of amides is 1. The maximum absolute atomic E-state index is 12.8. The van der Waals surface area contributed by atoms with Crippen molar-refractivity contribution in [2.45, 2.75) is 31.7 Å². The molecular weight excluding hydrogens is 298 g/mol. The van der Waals surface area contributed by atoms with Gasteiger partial charge >= 0.3 is 0 Å². The number of hydrogen-bond acceptors (Lipinski definition) is 2. The number of halogens is 1. The SMILES string of the molecule is Cn1cc([C@@H]2CCCCN2C(=O)Cc2ccccc2Cl)cn1. The standard InChI is InChI=1S/C17H20ClN3O/c1-20-12-14(11-19-20)16-8-4-5-9-21(16)17(22)10-13-6-2-3-7-15(13)18/h2-3,6-7,11-12,16H,4-5,8-10H2,1H3/t16-/m0/s1. The Balaban J connectivity index is 1.78. The van der Waals surface area contributed by atoms with Crippen LogP contribution >= 0.6 is 11.6 Å². The highest BCUT2D eigenvalue weighted by Gasteiger charge is 2.28. The molecule has 1 aromatic heterocycles. The summed E-state index contributed by atoms with van der Waals surface area (Å²) < 4.78 is 1.79. The van der Waals surface area contributed by atoms with Crippen molar-refractivity contribution in [3.8, 4) is 0 Å². The predicted molar refractivity (Wildman–Crippen MR) is 86.7 cm³/mol. The van der Waals surface area contributed by atoms with Crippen molar-refractivity contribution in [2.75, 3.05) is 6.54 Å². The van der Waals surface area contributed by atoms with Crippen LogP contribution < -0.4 is 0 Å². The van der Waals surface area contributed by atoms with Gasteiger partial charge in [0.2, 0.25) is 5.91 Å². The topological polar surface area (TPSA) is 38.1 Å². The molecule has 5 heteroatoms. The third-order valence-corrected chi connectivity index (χ3v) is 4.60. The molecule has 22 heavy (non-hydrogen) atoms. The number of aryl methyl sites for hydroxylation is 1. The van der Waals surface area contributed by atoms with Crippen LogP contribution in [0.1, 0.15) is 36.4 Å². The first-order chi connectivity index (χ1) is 10.6. The lowest BCUT2D eigenvalue weighted by Crippen LogP contribution is -2.39. The first-order valence-electron chi connectivity index (χ1n) is 7.66. The van der Waals surface area contributed by atoms with E-state index in [9.17, 15) is 4.79 Å². The Kier molecular flexibility index (Phi) is 4.48. The molecule has 2 aromatic rings. The Morgan fingerprint density at radius 1 is 1.36 bits per heavy atom. The Morgan fingerprint density at radius 2 is 2.18 bits per heavy atom. The molecule has 0 spiro atoms. The summed E-state index contributed by atoms with van der Waals surface area (Å²) in [7, 11) is 1.90. The number of rotatable bonds is 3. The molecule has 1 aliphatic heterocycles. The maximum atomic E-state index is 12.8. The van der Waals surface area contributed by atoms with Crippen molar-refractivity contribution >= 4 is 17.5 Å². The van der Waals surface area contributed by atoms with E-state index in [0.29, 0.717) is 11.4 Å². The summed E-state index contributed by atoms with van der Waals surface area (Å²) in [6.45, 7) is 0.808. The summed E-state index contributed by atoms with van der Waals surface area (Å²) in [6.07, 6.45) is 7.44. The van der Waals surface area contributed by atoms with Gasteiger partial charge in [-0.2, -0.15) is 5.10 Å². The lowest BCUT2D eigenvalue weighted by atomic mass is 9.96. The number of benzene rings is 1. The van der Waals surface area contributed by atoms with E-state index in [2.05, 4.69) is 5.10 Å². The normalized spacial score (nSPS) is 18.5. The fourth-order valence-electron chi connectivity index (χ4n) is 3.10. The molecule has 2 heterocycles. The van der Waals surface area contributed by atoms with Gasteiger partial charge in [-0.1, -0.05) is 29.8 Å². The number of piperidine rings is 1. The van der Waals surface area contributed by atoms with Gasteiger partial charge in [0.1, 0.15) is 0 Å². The number of nitrogens with zero attached hydrogens (tertiary/aromatic N) is 3. The summed E-state index contributed by atoms with van der Waals surface area (Å²) in [5.74, 6) is 0.140. The Hall–Kier alpha value is -1.81. The van der Waals surface area contributed by atoms with Gasteiger partial charge in [-0.05, 0) is 30.9 Å². The maximum Gasteiger partial charge on any atom is 0.227 e. The van der Waals surface area contributed by atoms with Gasteiger partial charge in [-0.25, -0.2) is 0 Å². The Labute approximate surface area is 135 Å². The Morgan fingerprint density at radius 3 is 2.91 bits per heavy atom. The van der Waals surface area contributed by atoms with Gasteiger partial charge in [0.15, 0.2) is 0 Å². The van der Waals surface area contributed by atoms with Gasteiger partial charge < -0.3 is 4.90 Å². The minimum atomic E-state index is 0.137. The van der Waals surface area contributed by atoms with Crippen LogP contribution in [0.15, 0.2) is 36.7 Å². The molecule has 1 atom stereocenters. The van der Waals surface area contributed by atoms with E-state index < -0.39 is 0 Å². The van der Waals surface area contributed by atoms with Crippen molar-refractivity contribution in [1.29, 1.82) is 0 Å². The molecule has 0 aliphatic carbocycles. The monoisotopic (exact) mass is 317 g/mol. The number of hydrogen-bond donors (Lipinski definition) is 0. The molecule has 1 amide bonds. The van der Waals surface area contributed by atoms with E-state index >= 15 is 0 Å². The molecule has 0 N–H and O–H groups in total. The second-order valence-electron chi connectivity index (χ2n) is 5.81. The van der Waals surface area contributed by atoms with Crippen molar-refractivity contribution in [2.24, 2.45) is 7.05 Å². The summed E-state index contributed by atoms with van der Waals surface area (Å²) in [5, 5.41) is 4.90. The second-order valence-corrected chi connectivity index (χ2v) is 6.22. The molecule has 1 aliphatic rings. The third kappa shape index (κ3) is 3.17. The van der Waals surface area contributed by atoms with Crippen LogP contribution in [-0.4, -0.2) is 27.1 Å². The first-order valence-corrected chi connectivity index (χ1v) is 8.04. The lowest BCUT2D eigenvalue weighted by Gasteiger charge is -2.35. The zero-order valence-corrected chi connectivity index (χ0v) is 13.5. The van der Waals surface area contributed by atoms with Gasteiger partial charge in [0.25, 0.3) is 0 Å². The zero-order chi connectivity index (χ0) is 15.5. The summed E-state index contributed by atoms with van der Waals surface area (Å²) in [5.41, 5.74) is 2.01. The predicted octanol–water partition coefficient (Wildman–Crippen LogP) is 3.37.